The summed E-state index contributed by atoms with van der Waals surface area (Å²) in [6.07, 6.45) is 4.20. The Labute approximate surface area is 151 Å². The number of aromatic nitrogens is 2. The van der Waals surface area contributed by atoms with Crippen molar-refractivity contribution in [1.82, 2.24) is 19.8 Å². The molecule has 2 aliphatic rings. The number of fused-ring (bicyclic) bond motifs is 1. The Morgan fingerprint density at radius 1 is 1.32 bits per heavy atom. The van der Waals surface area contributed by atoms with E-state index in [-0.39, 0.29) is 18.1 Å². The molecule has 0 bridgehead atoms. The van der Waals surface area contributed by atoms with E-state index in [0.717, 1.165) is 30.1 Å². The second-order valence-electron chi connectivity index (χ2n) is 6.78. The van der Waals surface area contributed by atoms with Gasteiger partial charge in [-0.05, 0) is 24.1 Å². The fraction of sp³-hybridized carbons (Fsp3) is 0.444. The molecule has 1 aromatic carbocycles. The van der Waals surface area contributed by atoms with Gasteiger partial charge < -0.3 is 14.6 Å². The van der Waals surface area contributed by atoms with E-state index in [9.17, 15) is 4.79 Å². The number of benzene rings is 1. The molecule has 6 nitrogen and oxygen atoms in total. The Bertz CT molecular complexity index is 761. The lowest BCUT2D eigenvalue weighted by Crippen LogP contribution is -2.43. The highest BCUT2D eigenvalue weighted by Gasteiger charge is 2.38. The van der Waals surface area contributed by atoms with Crippen molar-refractivity contribution in [3.8, 4) is 0 Å². The van der Waals surface area contributed by atoms with E-state index in [1.807, 2.05) is 31.3 Å². The van der Waals surface area contributed by atoms with Crippen LogP contribution in [0, 0.1) is 0 Å². The van der Waals surface area contributed by atoms with Crippen LogP contribution in [0.2, 0.25) is 5.02 Å². The molecule has 2 aliphatic heterocycles. The maximum absolute atomic E-state index is 12.4. The van der Waals surface area contributed by atoms with E-state index in [1.54, 1.807) is 17.1 Å². The predicted octanol–water partition coefficient (Wildman–Crippen LogP) is 2.02. The third-order valence-electron chi connectivity index (χ3n) is 5.04. The Morgan fingerprint density at radius 3 is 2.84 bits per heavy atom. The van der Waals surface area contributed by atoms with Crippen LogP contribution < -0.4 is 5.32 Å². The van der Waals surface area contributed by atoms with E-state index >= 15 is 0 Å². The van der Waals surface area contributed by atoms with Crippen LogP contribution in [0.4, 0.5) is 0 Å². The highest BCUT2D eigenvalue weighted by atomic mass is 35.5. The van der Waals surface area contributed by atoms with E-state index in [0.29, 0.717) is 18.3 Å². The van der Waals surface area contributed by atoms with Crippen molar-refractivity contribution in [2.75, 3.05) is 19.7 Å². The number of imidazole rings is 1. The maximum Gasteiger partial charge on any atom is 0.269 e. The van der Waals surface area contributed by atoms with Crippen LogP contribution in [0.5, 0.6) is 0 Å². The Kier molecular flexibility index (Phi) is 4.50. The van der Waals surface area contributed by atoms with Crippen LogP contribution in [0.15, 0.2) is 36.8 Å². The van der Waals surface area contributed by atoms with Gasteiger partial charge in [-0.25, -0.2) is 4.98 Å². The summed E-state index contributed by atoms with van der Waals surface area (Å²) in [5.74, 6) is -0.0694. The highest BCUT2D eigenvalue weighted by molar-refractivity contribution is 6.30. The number of halogens is 1. The summed E-state index contributed by atoms with van der Waals surface area (Å²) in [5, 5.41) is 3.86. The average molecular weight is 361 g/mol. The molecule has 2 saturated heterocycles. The average Bonchev–Trinajstić information content (AvgIpc) is 3.20. The summed E-state index contributed by atoms with van der Waals surface area (Å²) in [4.78, 5) is 18.8. The lowest BCUT2D eigenvalue weighted by Gasteiger charge is -2.35. The van der Waals surface area contributed by atoms with Crippen molar-refractivity contribution in [2.45, 2.75) is 24.6 Å². The number of hydrogen-bond acceptors (Lipinski definition) is 4. The topological polar surface area (TPSA) is 59.4 Å². The maximum atomic E-state index is 12.4. The number of rotatable bonds is 3. The molecule has 0 radical (unpaired) electrons. The first-order chi connectivity index (χ1) is 12.1. The van der Waals surface area contributed by atoms with Crippen molar-refractivity contribution in [3.63, 3.8) is 0 Å². The first-order valence-electron chi connectivity index (χ1n) is 8.48. The summed E-state index contributed by atoms with van der Waals surface area (Å²) < 4.78 is 7.78. The Hall–Kier alpha value is -1.89. The van der Waals surface area contributed by atoms with Gasteiger partial charge in [0.2, 0.25) is 0 Å². The van der Waals surface area contributed by atoms with Crippen molar-refractivity contribution in [3.05, 3.63) is 53.1 Å². The smallest absolute Gasteiger partial charge is 0.269 e. The van der Waals surface area contributed by atoms with Crippen LogP contribution in [-0.2, 0) is 11.8 Å². The molecule has 3 heterocycles. The molecule has 132 valence electrons. The third kappa shape index (κ3) is 3.42. The van der Waals surface area contributed by atoms with E-state index in [2.05, 4.69) is 15.2 Å². The third-order valence-corrected chi connectivity index (χ3v) is 5.30. The molecular formula is C18H21ClN4O2. The van der Waals surface area contributed by atoms with Gasteiger partial charge in [0.15, 0.2) is 0 Å². The van der Waals surface area contributed by atoms with Gasteiger partial charge in [-0.3, -0.25) is 9.69 Å². The zero-order valence-electron chi connectivity index (χ0n) is 14.1. The summed E-state index contributed by atoms with van der Waals surface area (Å²) in [7, 11) is 1.82. The number of nitrogens with zero attached hydrogens (tertiary/aromatic N) is 3. The zero-order chi connectivity index (χ0) is 17.4. The minimum absolute atomic E-state index is 0.0556. The molecule has 2 aromatic rings. The van der Waals surface area contributed by atoms with Gasteiger partial charge in [-0.1, -0.05) is 23.7 Å². The lowest BCUT2D eigenvalue weighted by molar-refractivity contribution is -0.0502. The number of morpholine rings is 1. The largest absolute Gasteiger partial charge is 0.371 e. The number of ether oxygens (including phenoxy) is 1. The van der Waals surface area contributed by atoms with Gasteiger partial charge >= 0.3 is 0 Å². The van der Waals surface area contributed by atoms with Gasteiger partial charge in [0.25, 0.3) is 5.91 Å². The van der Waals surface area contributed by atoms with Crippen molar-refractivity contribution in [2.24, 2.45) is 7.05 Å². The predicted molar refractivity (Wildman–Crippen MR) is 94.6 cm³/mol. The first-order valence-corrected chi connectivity index (χ1v) is 8.86. The summed E-state index contributed by atoms with van der Waals surface area (Å²) in [5.41, 5.74) is 1.73. The van der Waals surface area contributed by atoms with Gasteiger partial charge in [-0.15, -0.1) is 0 Å². The minimum Gasteiger partial charge on any atom is -0.371 e. The summed E-state index contributed by atoms with van der Waals surface area (Å²) in [6.45, 7) is 2.37. The first kappa shape index (κ1) is 16.6. The monoisotopic (exact) mass is 360 g/mol. The molecule has 0 spiro atoms. The van der Waals surface area contributed by atoms with Gasteiger partial charge in [0, 0.05) is 37.2 Å². The van der Waals surface area contributed by atoms with Gasteiger partial charge in [0.05, 0.1) is 25.2 Å². The number of carbonyl (C=O) groups excluding carboxylic acids is 1. The highest BCUT2D eigenvalue weighted by Crippen LogP contribution is 2.30. The van der Waals surface area contributed by atoms with E-state index in [1.165, 1.54) is 0 Å². The molecule has 1 amide bonds. The quantitative estimate of drug-likeness (QED) is 0.909. The zero-order valence-corrected chi connectivity index (χ0v) is 14.8. The molecule has 25 heavy (non-hydrogen) atoms. The SMILES string of the molecule is Cn1cncc1C(=O)N[C@H]1C[C@H]2CO[C@@H](c3ccc(Cl)cc3)CN2C1. The molecule has 1 aromatic heterocycles. The summed E-state index contributed by atoms with van der Waals surface area (Å²) in [6, 6.07) is 8.33. The molecule has 0 saturated carbocycles. The minimum atomic E-state index is -0.0694. The van der Waals surface area contributed by atoms with Crippen LogP contribution in [0.1, 0.15) is 28.6 Å². The van der Waals surface area contributed by atoms with Gasteiger partial charge in [0.1, 0.15) is 5.69 Å². The second kappa shape index (κ2) is 6.78. The normalized spacial score (nSPS) is 26.4. The van der Waals surface area contributed by atoms with Crippen molar-refractivity contribution in [1.29, 1.82) is 0 Å². The molecule has 1 N–H and O–H groups in total. The van der Waals surface area contributed by atoms with E-state index in [4.69, 9.17) is 16.3 Å². The van der Waals surface area contributed by atoms with E-state index < -0.39 is 0 Å². The molecule has 0 aliphatic carbocycles. The number of carbonyl (C=O) groups is 1. The summed E-state index contributed by atoms with van der Waals surface area (Å²) >= 11 is 5.96. The fourth-order valence-electron chi connectivity index (χ4n) is 3.69. The van der Waals surface area contributed by atoms with Crippen LogP contribution in [-0.4, -0.2) is 52.1 Å². The molecular weight excluding hydrogens is 340 g/mol. The number of aryl methyl sites for hydroxylation is 1. The Balaban J connectivity index is 1.38. The fourth-order valence-corrected chi connectivity index (χ4v) is 3.82. The number of amides is 1. The lowest BCUT2D eigenvalue weighted by atomic mass is 10.1. The molecule has 4 rings (SSSR count). The molecule has 3 atom stereocenters. The second-order valence-corrected chi connectivity index (χ2v) is 7.21. The van der Waals surface area contributed by atoms with Crippen molar-refractivity contribution < 1.29 is 9.53 Å². The standard InChI is InChI=1S/C18H21ClN4O2/c1-22-11-20-7-16(22)18(24)21-14-6-15-10-25-17(9-23(15)8-14)12-2-4-13(19)5-3-12/h2-5,7,11,14-15,17H,6,8-10H2,1H3,(H,21,24)/t14-,15-,17+/m0/s1. The van der Waals surface area contributed by atoms with Crippen LogP contribution >= 0.6 is 11.6 Å². The van der Waals surface area contributed by atoms with Crippen molar-refractivity contribution >= 4 is 17.5 Å². The van der Waals surface area contributed by atoms with Crippen LogP contribution in [0.3, 0.4) is 0 Å². The number of nitrogens with one attached hydrogen (secondary N) is 1. The number of hydrogen-bond donors (Lipinski definition) is 1. The molecule has 2 fully saturated rings. The molecule has 0 unspecified atom stereocenters. The van der Waals surface area contributed by atoms with Crippen LogP contribution in [0.25, 0.3) is 0 Å². The molecule has 7 heteroatoms. The Morgan fingerprint density at radius 2 is 2.12 bits per heavy atom. The van der Waals surface area contributed by atoms with Gasteiger partial charge in [-0.2, -0.15) is 0 Å².